The molecule has 3 nitrogen and oxygen atoms in total. The molecular weight excluding hydrogens is 322 g/mol. The summed E-state index contributed by atoms with van der Waals surface area (Å²) in [5.41, 5.74) is 1.91. The van der Waals surface area contributed by atoms with E-state index in [2.05, 4.69) is 5.32 Å². The zero-order valence-corrected chi connectivity index (χ0v) is 13.6. The molecule has 1 atom stereocenters. The van der Waals surface area contributed by atoms with Gasteiger partial charge < -0.3 is 9.73 Å². The third-order valence-electron chi connectivity index (χ3n) is 3.54. The minimum Gasteiger partial charge on any atom is -0.465 e. The van der Waals surface area contributed by atoms with Crippen molar-refractivity contribution in [2.75, 3.05) is 0 Å². The number of halogens is 1. The minimum absolute atomic E-state index is 0.208. The highest BCUT2D eigenvalue weighted by molar-refractivity contribution is 6.30. The second-order valence-corrected chi connectivity index (χ2v) is 5.69. The summed E-state index contributed by atoms with van der Waals surface area (Å²) >= 11 is 6.10. The first-order chi connectivity index (χ1) is 11.7. The van der Waals surface area contributed by atoms with E-state index < -0.39 is 0 Å². The molecule has 0 saturated carbocycles. The molecule has 0 radical (unpaired) electrons. The lowest BCUT2D eigenvalue weighted by molar-refractivity contribution is -0.116. The fourth-order valence-corrected chi connectivity index (χ4v) is 2.62. The zero-order chi connectivity index (χ0) is 16.8. The van der Waals surface area contributed by atoms with Crippen LogP contribution in [0.2, 0.25) is 5.02 Å². The molecule has 1 amide bonds. The molecule has 1 N–H and O–H groups in total. The monoisotopic (exact) mass is 337 g/mol. The molecule has 1 aromatic heterocycles. The van der Waals surface area contributed by atoms with Crippen LogP contribution in [0, 0.1) is 0 Å². The molecule has 0 aliphatic carbocycles. The van der Waals surface area contributed by atoms with Gasteiger partial charge in [-0.15, -0.1) is 0 Å². The van der Waals surface area contributed by atoms with Gasteiger partial charge in [-0.1, -0.05) is 54.1 Å². The highest BCUT2D eigenvalue weighted by Gasteiger charge is 2.15. The van der Waals surface area contributed by atoms with E-state index in [1.54, 1.807) is 24.5 Å². The summed E-state index contributed by atoms with van der Waals surface area (Å²) in [6.07, 6.45) is 4.66. The van der Waals surface area contributed by atoms with Gasteiger partial charge in [0.15, 0.2) is 0 Å². The fraction of sp³-hybridized carbons (Fsp3) is 0.0500. The summed E-state index contributed by atoms with van der Waals surface area (Å²) in [7, 11) is 0. The predicted octanol–water partition coefficient (Wildman–Crippen LogP) is 4.85. The van der Waals surface area contributed by atoms with Crippen molar-refractivity contribution >= 4 is 23.6 Å². The van der Waals surface area contributed by atoms with Crippen molar-refractivity contribution in [1.29, 1.82) is 0 Å². The van der Waals surface area contributed by atoms with Crippen LogP contribution in [0.3, 0.4) is 0 Å². The second kappa shape index (κ2) is 7.66. The van der Waals surface area contributed by atoms with Gasteiger partial charge in [-0.05, 0) is 41.5 Å². The molecule has 0 fully saturated rings. The zero-order valence-electron chi connectivity index (χ0n) is 12.9. The average molecular weight is 338 g/mol. The van der Waals surface area contributed by atoms with Gasteiger partial charge in [-0.3, -0.25) is 4.79 Å². The maximum atomic E-state index is 12.3. The van der Waals surface area contributed by atoms with Gasteiger partial charge >= 0.3 is 0 Å². The van der Waals surface area contributed by atoms with E-state index in [-0.39, 0.29) is 11.9 Å². The number of amides is 1. The lowest BCUT2D eigenvalue weighted by Crippen LogP contribution is -2.27. The van der Waals surface area contributed by atoms with Crippen molar-refractivity contribution in [3.05, 3.63) is 101 Å². The molecular formula is C20H16ClNO2. The van der Waals surface area contributed by atoms with E-state index in [1.165, 1.54) is 6.08 Å². The molecule has 3 aromatic rings. The van der Waals surface area contributed by atoms with E-state index in [0.29, 0.717) is 10.8 Å². The Morgan fingerprint density at radius 2 is 1.79 bits per heavy atom. The molecule has 0 aliphatic heterocycles. The van der Waals surface area contributed by atoms with Gasteiger partial charge in [0.05, 0.1) is 12.3 Å². The number of rotatable bonds is 5. The van der Waals surface area contributed by atoms with E-state index >= 15 is 0 Å². The van der Waals surface area contributed by atoms with Crippen molar-refractivity contribution in [2.45, 2.75) is 6.04 Å². The van der Waals surface area contributed by atoms with Crippen molar-refractivity contribution in [3.63, 3.8) is 0 Å². The average Bonchev–Trinajstić information content (AvgIpc) is 3.12. The number of carbonyl (C=O) groups is 1. The number of nitrogens with one attached hydrogen (secondary N) is 1. The van der Waals surface area contributed by atoms with Gasteiger partial charge in [0.25, 0.3) is 0 Å². The van der Waals surface area contributed by atoms with Crippen LogP contribution in [0.5, 0.6) is 0 Å². The van der Waals surface area contributed by atoms with Crippen molar-refractivity contribution in [1.82, 2.24) is 5.32 Å². The van der Waals surface area contributed by atoms with Crippen molar-refractivity contribution in [3.8, 4) is 0 Å². The van der Waals surface area contributed by atoms with Gasteiger partial charge in [-0.25, -0.2) is 0 Å². The quantitative estimate of drug-likeness (QED) is 0.676. The molecule has 1 unspecified atom stereocenters. The summed E-state index contributed by atoms with van der Waals surface area (Å²) in [6.45, 7) is 0. The van der Waals surface area contributed by atoms with Crippen LogP contribution < -0.4 is 5.32 Å². The molecule has 1 heterocycles. The smallest absolute Gasteiger partial charge is 0.244 e. The van der Waals surface area contributed by atoms with Crippen LogP contribution in [0.25, 0.3) is 6.08 Å². The number of benzene rings is 2. The van der Waals surface area contributed by atoms with Crippen LogP contribution in [0.4, 0.5) is 0 Å². The Bertz CT molecular complexity index is 826. The van der Waals surface area contributed by atoms with Crippen LogP contribution in [-0.4, -0.2) is 5.91 Å². The number of carbonyl (C=O) groups excluding carboxylic acids is 1. The van der Waals surface area contributed by atoms with Gasteiger partial charge in [0, 0.05) is 11.1 Å². The standard InChI is InChI=1S/C20H16ClNO2/c21-17-9-4-8-16(14-17)20(15-6-2-1-3-7-15)22-19(23)12-11-18-10-5-13-24-18/h1-14,20H,(H,22,23). The largest absolute Gasteiger partial charge is 0.465 e. The summed E-state index contributed by atoms with van der Waals surface area (Å²) in [5, 5.41) is 3.65. The minimum atomic E-state index is -0.279. The number of hydrogen-bond donors (Lipinski definition) is 1. The number of furan rings is 1. The Balaban J connectivity index is 1.84. The first kappa shape index (κ1) is 16.1. The highest BCUT2D eigenvalue weighted by atomic mass is 35.5. The molecule has 0 bridgehead atoms. The normalized spacial score (nSPS) is 12.2. The van der Waals surface area contributed by atoms with Crippen LogP contribution in [0.15, 0.2) is 83.5 Å². The first-order valence-electron chi connectivity index (χ1n) is 7.55. The Morgan fingerprint density at radius 3 is 2.50 bits per heavy atom. The van der Waals surface area contributed by atoms with Crippen LogP contribution in [0.1, 0.15) is 22.9 Å². The molecule has 0 saturated heterocycles. The third-order valence-corrected chi connectivity index (χ3v) is 3.78. The Morgan fingerprint density at radius 1 is 1.00 bits per heavy atom. The third kappa shape index (κ3) is 4.15. The maximum Gasteiger partial charge on any atom is 0.244 e. The summed E-state index contributed by atoms with van der Waals surface area (Å²) < 4.78 is 5.19. The van der Waals surface area contributed by atoms with Gasteiger partial charge in [0.1, 0.15) is 5.76 Å². The summed E-state index contributed by atoms with van der Waals surface area (Å²) in [4.78, 5) is 12.3. The van der Waals surface area contributed by atoms with Gasteiger partial charge in [-0.2, -0.15) is 0 Å². The molecule has 120 valence electrons. The van der Waals surface area contributed by atoms with Crippen LogP contribution >= 0.6 is 11.6 Å². The molecule has 3 rings (SSSR count). The first-order valence-corrected chi connectivity index (χ1v) is 7.92. The SMILES string of the molecule is O=C(C=Cc1ccco1)NC(c1ccccc1)c1cccc(Cl)c1. The molecule has 4 heteroatoms. The highest BCUT2D eigenvalue weighted by Crippen LogP contribution is 2.24. The lowest BCUT2D eigenvalue weighted by Gasteiger charge is -2.19. The second-order valence-electron chi connectivity index (χ2n) is 5.26. The lowest BCUT2D eigenvalue weighted by atomic mass is 9.98. The predicted molar refractivity (Wildman–Crippen MR) is 95.6 cm³/mol. The topological polar surface area (TPSA) is 42.2 Å². The molecule has 0 aliphatic rings. The maximum absolute atomic E-state index is 12.3. The number of hydrogen-bond acceptors (Lipinski definition) is 2. The fourth-order valence-electron chi connectivity index (χ4n) is 2.43. The molecule has 0 spiro atoms. The summed E-state index contributed by atoms with van der Waals surface area (Å²) in [5.74, 6) is 0.421. The Labute approximate surface area is 145 Å². The van der Waals surface area contributed by atoms with Crippen molar-refractivity contribution in [2.24, 2.45) is 0 Å². The van der Waals surface area contributed by atoms with Gasteiger partial charge in [0.2, 0.25) is 5.91 Å². The molecule has 24 heavy (non-hydrogen) atoms. The summed E-state index contributed by atoms with van der Waals surface area (Å²) in [6, 6.07) is 20.5. The molecule has 2 aromatic carbocycles. The van der Waals surface area contributed by atoms with E-state index in [9.17, 15) is 4.79 Å². The van der Waals surface area contributed by atoms with E-state index in [0.717, 1.165) is 11.1 Å². The van der Waals surface area contributed by atoms with Crippen LogP contribution in [-0.2, 0) is 4.79 Å². The van der Waals surface area contributed by atoms with Crippen molar-refractivity contribution < 1.29 is 9.21 Å². The van der Waals surface area contributed by atoms with E-state index in [1.807, 2.05) is 54.6 Å². The van der Waals surface area contributed by atoms with E-state index in [4.69, 9.17) is 16.0 Å². The Hall–Kier alpha value is -2.78. The Kier molecular flexibility index (Phi) is 5.14.